The second-order valence-corrected chi connectivity index (χ2v) is 15.5. The highest BCUT2D eigenvalue weighted by Gasteiger charge is 2.34. The summed E-state index contributed by atoms with van der Waals surface area (Å²) < 4.78 is 13.4. The van der Waals surface area contributed by atoms with Gasteiger partial charge in [-0.3, -0.25) is 19.0 Å². The van der Waals surface area contributed by atoms with Crippen LogP contribution in [-0.2, 0) is 9.59 Å². The Kier molecular flexibility index (Phi) is 11.9. The van der Waals surface area contributed by atoms with Crippen molar-refractivity contribution in [3.05, 3.63) is 64.6 Å². The smallest absolute Gasteiger partial charge is 0.314 e. The molecule has 0 amide bonds. The van der Waals surface area contributed by atoms with Crippen LogP contribution in [0.2, 0.25) is 0 Å². The fourth-order valence-electron chi connectivity index (χ4n) is 9.23. The average molecular weight is 656 g/mol. The second-order valence-electron chi connectivity index (χ2n) is 15.5. The van der Waals surface area contributed by atoms with Crippen molar-refractivity contribution in [3.8, 4) is 17.2 Å². The Morgan fingerprint density at radius 1 is 0.708 bits per heavy atom. The number of hydrogen-bond donors (Lipinski definition) is 0. The van der Waals surface area contributed by atoms with E-state index in [9.17, 15) is 14.4 Å². The van der Waals surface area contributed by atoms with Crippen molar-refractivity contribution in [1.29, 1.82) is 0 Å². The maximum absolute atomic E-state index is 13.4. The standard InChI is InChI=1S/C42H57NO5/c1-3-29-8-10-31(11-9-29)27-32-14-18-35(19-15-32)42(46)48-39-25-24-37(28-38(39)43-26-6-5-7-40(43)44)47-41(45)36-22-20-34(21-23-36)33-16-12-30(4-2)13-17-33/h5-7,24-30,32-36H,3-4,8-23H2,1-2H3. The lowest BCUT2D eigenvalue weighted by Gasteiger charge is -2.37. The van der Waals surface area contributed by atoms with Crippen LogP contribution < -0.4 is 15.0 Å². The zero-order chi connectivity index (χ0) is 33.5. The van der Waals surface area contributed by atoms with Crippen molar-refractivity contribution in [1.82, 2.24) is 4.57 Å². The van der Waals surface area contributed by atoms with Crippen LogP contribution in [0.15, 0.2) is 59.0 Å². The molecule has 0 spiro atoms. The molecule has 0 saturated heterocycles. The number of allylic oxidation sites excluding steroid dienone is 2. The third kappa shape index (κ3) is 8.71. The first-order valence-corrected chi connectivity index (χ1v) is 19.3. The molecule has 0 N–H and O–H groups in total. The fourth-order valence-corrected chi connectivity index (χ4v) is 9.23. The molecule has 0 bridgehead atoms. The molecule has 4 aliphatic rings. The summed E-state index contributed by atoms with van der Waals surface area (Å²) in [6.45, 7) is 4.61. The van der Waals surface area contributed by atoms with Crippen LogP contribution in [-0.4, -0.2) is 16.5 Å². The van der Waals surface area contributed by atoms with Gasteiger partial charge >= 0.3 is 11.9 Å². The average Bonchev–Trinajstić information content (AvgIpc) is 3.13. The van der Waals surface area contributed by atoms with E-state index in [4.69, 9.17) is 9.47 Å². The zero-order valence-corrected chi connectivity index (χ0v) is 29.4. The molecule has 1 heterocycles. The minimum Gasteiger partial charge on any atom is -0.426 e. The van der Waals surface area contributed by atoms with Gasteiger partial charge in [0.2, 0.25) is 0 Å². The summed E-state index contributed by atoms with van der Waals surface area (Å²) in [6, 6.07) is 9.94. The van der Waals surface area contributed by atoms with Crippen molar-refractivity contribution >= 4 is 11.9 Å². The second kappa shape index (κ2) is 16.5. The molecule has 0 radical (unpaired) electrons. The Morgan fingerprint density at radius 2 is 1.29 bits per heavy atom. The molecule has 48 heavy (non-hydrogen) atoms. The summed E-state index contributed by atoms with van der Waals surface area (Å²) in [6.07, 6.45) is 24.8. The number of benzene rings is 1. The highest BCUT2D eigenvalue weighted by Crippen LogP contribution is 2.42. The molecular weight excluding hydrogens is 598 g/mol. The number of rotatable bonds is 9. The Bertz CT molecular complexity index is 1460. The van der Waals surface area contributed by atoms with Crippen molar-refractivity contribution in [2.75, 3.05) is 0 Å². The van der Waals surface area contributed by atoms with E-state index in [-0.39, 0.29) is 29.3 Å². The molecule has 6 nitrogen and oxygen atoms in total. The van der Waals surface area contributed by atoms with Gasteiger partial charge in [0.05, 0.1) is 17.5 Å². The number of hydrogen-bond acceptors (Lipinski definition) is 5. The van der Waals surface area contributed by atoms with Crippen LogP contribution in [0.3, 0.4) is 0 Å². The minimum atomic E-state index is -0.250. The lowest BCUT2D eigenvalue weighted by atomic mass is 9.69. The third-order valence-electron chi connectivity index (χ3n) is 12.6. The quantitative estimate of drug-likeness (QED) is 0.153. The molecule has 2 aromatic rings. The Hall–Kier alpha value is -3.15. The van der Waals surface area contributed by atoms with Gasteiger partial charge < -0.3 is 9.47 Å². The van der Waals surface area contributed by atoms with E-state index in [0.717, 1.165) is 75.0 Å². The van der Waals surface area contributed by atoms with Gasteiger partial charge in [-0.25, -0.2) is 0 Å². The van der Waals surface area contributed by atoms with Gasteiger partial charge in [0, 0.05) is 18.3 Å². The molecule has 0 aliphatic heterocycles. The van der Waals surface area contributed by atoms with E-state index >= 15 is 0 Å². The SMILES string of the molecule is CCC1CCC(=CC2CCC(C(=O)Oc3ccc(OC(=O)C4CCC(C5CCC(CC)CC5)CC4)cc3-n3ccccc3=O)CC2)CC1. The van der Waals surface area contributed by atoms with Crippen LogP contribution in [0, 0.1) is 41.4 Å². The Morgan fingerprint density at radius 3 is 1.92 bits per heavy atom. The zero-order valence-electron chi connectivity index (χ0n) is 29.4. The topological polar surface area (TPSA) is 74.6 Å². The minimum absolute atomic E-state index is 0.106. The van der Waals surface area contributed by atoms with E-state index in [0.29, 0.717) is 23.1 Å². The van der Waals surface area contributed by atoms with Gasteiger partial charge in [-0.1, -0.05) is 57.2 Å². The molecule has 260 valence electrons. The van der Waals surface area contributed by atoms with Crippen LogP contribution in [0.25, 0.3) is 5.69 Å². The van der Waals surface area contributed by atoms with E-state index in [2.05, 4.69) is 19.9 Å². The predicted molar refractivity (Wildman–Crippen MR) is 190 cm³/mol. The largest absolute Gasteiger partial charge is 0.426 e. The van der Waals surface area contributed by atoms with E-state index in [1.165, 1.54) is 74.8 Å². The van der Waals surface area contributed by atoms with Crippen LogP contribution in [0.1, 0.15) is 129 Å². The number of aromatic nitrogens is 1. The van der Waals surface area contributed by atoms with Crippen molar-refractivity contribution in [3.63, 3.8) is 0 Å². The first-order valence-electron chi connectivity index (χ1n) is 19.3. The summed E-state index contributed by atoms with van der Waals surface area (Å²) in [7, 11) is 0. The molecule has 6 heteroatoms. The first kappa shape index (κ1) is 34.7. The molecule has 4 fully saturated rings. The van der Waals surface area contributed by atoms with Crippen LogP contribution in [0.5, 0.6) is 11.5 Å². The highest BCUT2D eigenvalue weighted by molar-refractivity contribution is 5.78. The van der Waals surface area contributed by atoms with Crippen molar-refractivity contribution < 1.29 is 19.1 Å². The molecule has 4 saturated carbocycles. The van der Waals surface area contributed by atoms with Crippen LogP contribution >= 0.6 is 0 Å². The predicted octanol–water partition coefficient (Wildman–Crippen LogP) is 10.0. The van der Waals surface area contributed by atoms with Gasteiger partial charge in [0.25, 0.3) is 5.56 Å². The van der Waals surface area contributed by atoms with Gasteiger partial charge in [0.15, 0.2) is 5.75 Å². The van der Waals surface area contributed by atoms with Gasteiger partial charge in [-0.2, -0.15) is 0 Å². The number of pyridine rings is 1. The number of ether oxygens (including phenoxy) is 2. The molecule has 1 aromatic carbocycles. The molecule has 0 atom stereocenters. The molecular formula is C42H57NO5. The highest BCUT2D eigenvalue weighted by atomic mass is 16.5. The van der Waals surface area contributed by atoms with Gasteiger partial charge in [-0.15, -0.1) is 0 Å². The first-order chi connectivity index (χ1) is 23.4. The summed E-state index contributed by atoms with van der Waals surface area (Å²) in [5.41, 5.74) is 1.78. The van der Waals surface area contributed by atoms with Crippen LogP contribution in [0.4, 0.5) is 0 Å². The fraction of sp³-hybridized carbons (Fsp3) is 0.643. The molecule has 0 unspecified atom stereocenters. The molecule has 1 aromatic heterocycles. The number of esters is 2. The number of carbonyl (C=O) groups is 2. The van der Waals surface area contributed by atoms with Crippen molar-refractivity contribution in [2.24, 2.45) is 41.4 Å². The Balaban J connectivity index is 1.06. The maximum atomic E-state index is 13.4. The summed E-state index contributed by atoms with van der Waals surface area (Å²) in [5, 5.41) is 0. The summed E-state index contributed by atoms with van der Waals surface area (Å²) in [5.74, 6) is 3.84. The van der Waals surface area contributed by atoms with Crippen molar-refractivity contribution in [2.45, 2.75) is 129 Å². The lowest BCUT2D eigenvalue weighted by molar-refractivity contribution is -0.141. The van der Waals surface area contributed by atoms with E-state index in [1.54, 1.807) is 42.1 Å². The summed E-state index contributed by atoms with van der Waals surface area (Å²) >= 11 is 0. The third-order valence-corrected chi connectivity index (χ3v) is 12.6. The van der Waals surface area contributed by atoms with E-state index < -0.39 is 0 Å². The lowest BCUT2D eigenvalue weighted by Crippen LogP contribution is -2.30. The van der Waals surface area contributed by atoms with E-state index in [1.807, 2.05) is 0 Å². The normalized spacial score (nSPS) is 29.5. The monoisotopic (exact) mass is 655 g/mol. The molecule has 4 aliphatic carbocycles. The number of carbonyl (C=O) groups excluding carboxylic acids is 2. The Labute approximate surface area is 287 Å². The number of nitrogens with zero attached hydrogens (tertiary/aromatic N) is 1. The maximum Gasteiger partial charge on any atom is 0.314 e. The molecule has 6 rings (SSSR count). The van der Waals surface area contributed by atoms with Gasteiger partial charge in [0.1, 0.15) is 5.75 Å². The van der Waals surface area contributed by atoms with Gasteiger partial charge in [-0.05, 0) is 138 Å². The summed E-state index contributed by atoms with van der Waals surface area (Å²) in [4.78, 5) is 39.6.